The Morgan fingerprint density at radius 2 is 1.75 bits per heavy atom. The Hall–Kier alpha value is -1.61. The minimum Gasteiger partial charge on any atom is -0.306 e. The van der Waals surface area contributed by atoms with Gasteiger partial charge in [0.15, 0.2) is 0 Å². The summed E-state index contributed by atoms with van der Waals surface area (Å²) in [7, 11) is 2.00. The summed E-state index contributed by atoms with van der Waals surface area (Å²) in [6, 6.07) is 9.16. The molecule has 20 heavy (non-hydrogen) atoms. The average Bonchev–Trinajstić information content (AvgIpc) is 2.70. The fourth-order valence-corrected chi connectivity index (χ4v) is 2.68. The van der Waals surface area contributed by atoms with Gasteiger partial charge in [-0.1, -0.05) is 31.2 Å². The second-order valence-corrected chi connectivity index (χ2v) is 5.48. The minimum absolute atomic E-state index is 0.314. The molecule has 0 fully saturated rings. The Morgan fingerprint density at radius 1 is 1.15 bits per heavy atom. The molecule has 1 unspecified atom stereocenters. The van der Waals surface area contributed by atoms with Gasteiger partial charge in [-0.15, -0.1) is 0 Å². The number of aryl methyl sites for hydroxylation is 3. The van der Waals surface area contributed by atoms with Crippen LogP contribution in [0.25, 0.3) is 0 Å². The lowest BCUT2D eigenvalue weighted by atomic mass is 10.1. The van der Waals surface area contributed by atoms with Gasteiger partial charge >= 0.3 is 0 Å². The summed E-state index contributed by atoms with van der Waals surface area (Å²) in [6.45, 7) is 9.49. The fraction of sp³-hybridized carbons (Fsp3) is 0.471. The molecule has 1 heterocycles. The third-order valence-corrected chi connectivity index (χ3v) is 4.04. The van der Waals surface area contributed by atoms with E-state index in [-0.39, 0.29) is 0 Å². The van der Waals surface area contributed by atoms with Crippen molar-refractivity contribution < 1.29 is 0 Å². The number of hydrogen-bond donors (Lipinski definition) is 1. The van der Waals surface area contributed by atoms with E-state index in [1.54, 1.807) is 0 Å². The van der Waals surface area contributed by atoms with Crippen molar-refractivity contribution >= 4 is 0 Å². The van der Waals surface area contributed by atoms with E-state index in [4.69, 9.17) is 0 Å². The number of aromatic nitrogens is 2. The number of rotatable bonds is 5. The molecule has 0 saturated heterocycles. The predicted octanol–water partition coefficient (Wildman–Crippen LogP) is 3.45. The van der Waals surface area contributed by atoms with Crippen molar-refractivity contribution in [3.8, 4) is 0 Å². The monoisotopic (exact) mass is 271 g/mol. The first-order chi connectivity index (χ1) is 9.52. The van der Waals surface area contributed by atoms with Gasteiger partial charge < -0.3 is 5.32 Å². The zero-order valence-electron chi connectivity index (χ0n) is 13.2. The number of nitrogens with one attached hydrogen (secondary N) is 1. The Bertz CT molecular complexity index is 567. The van der Waals surface area contributed by atoms with Crippen molar-refractivity contribution in [3.63, 3.8) is 0 Å². The molecule has 1 aromatic carbocycles. The van der Waals surface area contributed by atoms with E-state index >= 15 is 0 Å². The van der Waals surface area contributed by atoms with Crippen molar-refractivity contribution in [2.24, 2.45) is 7.05 Å². The van der Waals surface area contributed by atoms with E-state index in [0.29, 0.717) is 6.04 Å². The van der Waals surface area contributed by atoms with Crippen LogP contribution in [-0.2, 0) is 20.0 Å². The second-order valence-electron chi connectivity index (χ2n) is 5.48. The van der Waals surface area contributed by atoms with Crippen molar-refractivity contribution in [2.45, 2.75) is 46.7 Å². The molecule has 3 nitrogen and oxygen atoms in total. The minimum atomic E-state index is 0.314. The van der Waals surface area contributed by atoms with Gasteiger partial charge in [0.1, 0.15) is 0 Å². The molecular formula is C17H25N3. The zero-order chi connectivity index (χ0) is 14.7. The number of hydrogen-bond acceptors (Lipinski definition) is 2. The van der Waals surface area contributed by atoms with E-state index in [1.807, 2.05) is 11.7 Å². The summed E-state index contributed by atoms with van der Waals surface area (Å²) in [5.41, 5.74) is 6.39. The highest BCUT2D eigenvalue weighted by Crippen LogP contribution is 2.21. The highest BCUT2D eigenvalue weighted by Gasteiger charge is 2.15. The third-order valence-electron chi connectivity index (χ3n) is 4.04. The average molecular weight is 271 g/mol. The molecule has 0 spiro atoms. The molecule has 2 rings (SSSR count). The lowest BCUT2D eigenvalue weighted by Crippen LogP contribution is -2.19. The van der Waals surface area contributed by atoms with Gasteiger partial charge in [-0.2, -0.15) is 5.10 Å². The molecule has 0 radical (unpaired) electrons. The molecule has 3 heteroatoms. The summed E-state index contributed by atoms with van der Waals surface area (Å²) >= 11 is 0. The molecule has 1 N–H and O–H groups in total. The lowest BCUT2D eigenvalue weighted by molar-refractivity contribution is 0.568. The van der Waals surface area contributed by atoms with Crippen LogP contribution >= 0.6 is 0 Å². The Morgan fingerprint density at radius 3 is 2.25 bits per heavy atom. The molecular weight excluding hydrogens is 246 g/mol. The highest BCUT2D eigenvalue weighted by molar-refractivity contribution is 5.28. The van der Waals surface area contributed by atoms with E-state index in [2.05, 4.69) is 62.4 Å². The SMILES string of the molecule is CCc1ccc(CNC(C)c2c(C)nn(C)c2C)cc1. The summed E-state index contributed by atoms with van der Waals surface area (Å²) < 4.78 is 1.96. The van der Waals surface area contributed by atoms with E-state index in [1.165, 1.54) is 22.4 Å². The first kappa shape index (κ1) is 14.8. The molecule has 0 amide bonds. The van der Waals surface area contributed by atoms with Crippen LogP contribution in [0.15, 0.2) is 24.3 Å². The Labute approximate surface area is 122 Å². The van der Waals surface area contributed by atoms with Crippen LogP contribution < -0.4 is 5.32 Å². The normalized spacial score (nSPS) is 12.7. The van der Waals surface area contributed by atoms with Crippen LogP contribution in [0, 0.1) is 13.8 Å². The van der Waals surface area contributed by atoms with Gasteiger partial charge in [0.2, 0.25) is 0 Å². The molecule has 0 bridgehead atoms. The van der Waals surface area contributed by atoms with Crippen LogP contribution in [-0.4, -0.2) is 9.78 Å². The van der Waals surface area contributed by atoms with Crippen LogP contribution in [0.5, 0.6) is 0 Å². The number of benzene rings is 1. The van der Waals surface area contributed by atoms with Gasteiger partial charge in [0.05, 0.1) is 5.69 Å². The van der Waals surface area contributed by atoms with Gasteiger partial charge in [0, 0.05) is 30.9 Å². The summed E-state index contributed by atoms with van der Waals surface area (Å²) in [5, 5.41) is 8.08. The second kappa shape index (κ2) is 6.23. The van der Waals surface area contributed by atoms with E-state index in [0.717, 1.165) is 18.7 Å². The van der Waals surface area contributed by atoms with Crippen molar-refractivity contribution in [2.75, 3.05) is 0 Å². The molecule has 1 aromatic heterocycles. The largest absolute Gasteiger partial charge is 0.306 e. The number of nitrogens with zero attached hydrogens (tertiary/aromatic N) is 2. The van der Waals surface area contributed by atoms with E-state index in [9.17, 15) is 0 Å². The quantitative estimate of drug-likeness (QED) is 0.902. The van der Waals surface area contributed by atoms with Crippen LogP contribution in [0.1, 0.15) is 48.0 Å². The molecule has 0 aliphatic carbocycles. The maximum absolute atomic E-state index is 4.49. The van der Waals surface area contributed by atoms with Crippen molar-refractivity contribution in [1.29, 1.82) is 0 Å². The van der Waals surface area contributed by atoms with Crippen LogP contribution in [0.3, 0.4) is 0 Å². The third kappa shape index (κ3) is 3.10. The molecule has 2 aromatic rings. The van der Waals surface area contributed by atoms with Gasteiger partial charge in [-0.05, 0) is 38.3 Å². The van der Waals surface area contributed by atoms with Crippen molar-refractivity contribution in [1.82, 2.24) is 15.1 Å². The van der Waals surface area contributed by atoms with Crippen LogP contribution in [0.2, 0.25) is 0 Å². The smallest absolute Gasteiger partial charge is 0.0644 e. The van der Waals surface area contributed by atoms with Gasteiger partial charge in [0.25, 0.3) is 0 Å². The first-order valence-corrected chi connectivity index (χ1v) is 7.34. The maximum Gasteiger partial charge on any atom is 0.0644 e. The highest BCUT2D eigenvalue weighted by atomic mass is 15.3. The molecule has 0 aliphatic heterocycles. The fourth-order valence-electron chi connectivity index (χ4n) is 2.68. The molecule has 1 atom stereocenters. The predicted molar refractivity (Wildman–Crippen MR) is 83.8 cm³/mol. The molecule has 0 aliphatic rings. The maximum atomic E-state index is 4.49. The first-order valence-electron chi connectivity index (χ1n) is 7.34. The Balaban J connectivity index is 2.02. The van der Waals surface area contributed by atoms with E-state index < -0.39 is 0 Å². The summed E-state index contributed by atoms with van der Waals surface area (Å²) in [4.78, 5) is 0. The standard InChI is InChI=1S/C17H25N3/c1-6-15-7-9-16(10-8-15)11-18-12(2)17-13(3)19-20(5)14(17)4/h7-10,12,18H,6,11H2,1-5H3. The topological polar surface area (TPSA) is 29.9 Å². The summed E-state index contributed by atoms with van der Waals surface area (Å²) in [6.07, 6.45) is 1.10. The summed E-state index contributed by atoms with van der Waals surface area (Å²) in [5.74, 6) is 0. The Kier molecular flexibility index (Phi) is 4.61. The van der Waals surface area contributed by atoms with Crippen molar-refractivity contribution in [3.05, 3.63) is 52.3 Å². The zero-order valence-corrected chi connectivity index (χ0v) is 13.2. The van der Waals surface area contributed by atoms with Gasteiger partial charge in [-0.3, -0.25) is 4.68 Å². The van der Waals surface area contributed by atoms with Gasteiger partial charge in [-0.25, -0.2) is 0 Å². The molecule has 108 valence electrons. The lowest BCUT2D eigenvalue weighted by Gasteiger charge is -2.15. The van der Waals surface area contributed by atoms with Crippen LogP contribution in [0.4, 0.5) is 0 Å². The molecule has 0 saturated carbocycles.